The summed E-state index contributed by atoms with van der Waals surface area (Å²) in [4.78, 5) is 22.7. The van der Waals surface area contributed by atoms with Crippen LogP contribution in [0.5, 0.6) is 0 Å². The Kier molecular flexibility index (Phi) is 7.54. The second-order valence-corrected chi connectivity index (χ2v) is 3.98. The molecule has 0 radical (unpaired) electrons. The van der Waals surface area contributed by atoms with E-state index in [1.807, 2.05) is 20.8 Å². The lowest BCUT2D eigenvalue weighted by molar-refractivity contribution is -0.144. The van der Waals surface area contributed by atoms with E-state index in [-0.39, 0.29) is 24.3 Å². The lowest BCUT2D eigenvalue weighted by atomic mass is 10.0. The van der Waals surface area contributed by atoms with Crippen LogP contribution in [-0.4, -0.2) is 38.1 Å². The van der Waals surface area contributed by atoms with Crippen molar-refractivity contribution in [3.63, 3.8) is 0 Å². The number of amides is 1. The Morgan fingerprint density at radius 3 is 2.38 bits per heavy atom. The second-order valence-electron chi connectivity index (χ2n) is 3.98. The first-order chi connectivity index (χ1) is 7.52. The maximum absolute atomic E-state index is 11.4. The fourth-order valence-electron chi connectivity index (χ4n) is 1.25. The predicted octanol–water partition coefficient (Wildman–Crippen LogP) is 0.300. The van der Waals surface area contributed by atoms with Gasteiger partial charge in [-0.15, -0.1) is 0 Å². The zero-order valence-electron chi connectivity index (χ0n) is 10.5. The zero-order chi connectivity index (χ0) is 12.6. The highest BCUT2D eigenvalue weighted by molar-refractivity contribution is 5.80. The summed E-state index contributed by atoms with van der Waals surface area (Å²) >= 11 is 0. The Labute approximate surface area is 96.9 Å². The van der Waals surface area contributed by atoms with Crippen LogP contribution in [0.4, 0.5) is 0 Å². The minimum atomic E-state index is -0.433. The van der Waals surface area contributed by atoms with Crippen LogP contribution in [0, 0.1) is 5.92 Å². The molecule has 0 aromatic carbocycles. The molecule has 94 valence electrons. The van der Waals surface area contributed by atoms with Gasteiger partial charge >= 0.3 is 5.97 Å². The monoisotopic (exact) mass is 230 g/mol. The molecular formula is C11H22N2O3. The van der Waals surface area contributed by atoms with Gasteiger partial charge < -0.3 is 10.1 Å². The van der Waals surface area contributed by atoms with Crippen molar-refractivity contribution in [2.75, 3.05) is 20.2 Å². The fourth-order valence-corrected chi connectivity index (χ4v) is 1.25. The lowest BCUT2D eigenvalue weighted by Crippen LogP contribution is -2.46. The van der Waals surface area contributed by atoms with Crippen LogP contribution in [0.1, 0.15) is 27.2 Å². The van der Waals surface area contributed by atoms with Crippen LogP contribution >= 0.6 is 0 Å². The molecule has 0 saturated heterocycles. The van der Waals surface area contributed by atoms with E-state index in [2.05, 4.69) is 15.4 Å². The molecular weight excluding hydrogens is 208 g/mol. The third kappa shape index (κ3) is 5.70. The van der Waals surface area contributed by atoms with Crippen LogP contribution in [0.2, 0.25) is 0 Å². The summed E-state index contributed by atoms with van der Waals surface area (Å²) in [5.74, 6) is -0.346. The standard InChI is InChI=1S/C11H22N2O3/c1-5-6-12-9(14)7-13-10(8(2)3)11(15)16-4/h8,10,13H,5-7H2,1-4H3,(H,12,14). The lowest BCUT2D eigenvalue weighted by Gasteiger charge is -2.19. The van der Waals surface area contributed by atoms with Crippen LogP contribution in [0.15, 0.2) is 0 Å². The highest BCUT2D eigenvalue weighted by atomic mass is 16.5. The molecule has 0 saturated carbocycles. The number of ether oxygens (including phenoxy) is 1. The first-order valence-corrected chi connectivity index (χ1v) is 5.60. The highest BCUT2D eigenvalue weighted by Crippen LogP contribution is 2.02. The van der Waals surface area contributed by atoms with Gasteiger partial charge in [0.15, 0.2) is 0 Å². The largest absolute Gasteiger partial charge is 0.468 e. The van der Waals surface area contributed by atoms with Crippen molar-refractivity contribution >= 4 is 11.9 Å². The molecule has 0 aliphatic rings. The third-order valence-electron chi connectivity index (χ3n) is 2.18. The Morgan fingerprint density at radius 1 is 1.31 bits per heavy atom. The van der Waals surface area contributed by atoms with Crippen molar-refractivity contribution < 1.29 is 14.3 Å². The van der Waals surface area contributed by atoms with Crippen molar-refractivity contribution in [1.29, 1.82) is 0 Å². The number of nitrogens with one attached hydrogen (secondary N) is 2. The van der Waals surface area contributed by atoms with Crippen LogP contribution in [0.3, 0.4) is 0 Å². The minimum Gasteiger partial charge on any atom is -0.468 e. The quantitative estimate of drug-likeness (QED) is 0.617. The molecule has 1 atom stereocenters. The summed E-state index contributed by atoms with van der Waals surface area (Å²) in [5.41, 5.74) is 0. The maximum atomic E-state index is 11.4. The van der Waals surface area contributed by atoms with Crippen molar-refractivity contribution in [1.82, 2.24) is 10.6 Å². The molecule has 0 fully saturated rings. The van der Waals surface area contributed by atoms with Crippen LogP contribution < -0.4 is 10.6 Å². The maximum Gasteiger partial charge on any atom is 0.323 e. The van der Waals surface area contributed by atoms with Gasteiger partial charge in [-0.1, -0.05) is 20.8 Å². The van der Waals surface area contributed by atoms with Gasteiger partial charge in [0.2, 0.25) is 5.91 Å². The van der Waals surface area contributed by atoms with Gasteiger partial charge in [-0.25, -0.2) is 0 Å². The molecule has 0 aliphatic heterocycles. The summed E-state index contributed by atoms with van der Waals surface area (Å²) in [5, 5.41) is 5.62. The van der Waals surface area contributed by atoms with E-state index in [1.54, 1.807) is 0 Å². The molecule has 0 aromatic rings. The Morgan fingerprint density at radius 2 is 1.94 bits per heavy atom. The third-order valence-corrected chi connectivity index (χ3v) is 2.18. The molecule has 1 amide bonds. The Hall–Kier alpha value is -1.10. The van der Waals surface area contributed by atoms with Gasteiger partial charge in [-0.05, 0) is 12.3 Å². The smallest absolute Gasteiger partial charge is 0.323 e. The molecule has 0 aromatic heterocycles. The molecule has 5 nitrogen and oxygen atoms in total. The van der Waals surface area contributed by atoms with Crippen molar-refractivity contribution in [3.8, 4) is 0 Å². The van der Waals surface area contributed by atoms with E-state index in [0.29, 0.717) is 6.54 Å². The average Bonchev–Trinajstić information content (AvgIpc) is 2.25. The fraction of sp³-hybridized carbons (Fsp3) is 0.818. The predicted molar refractivity (Wildman–Crippen MR) is 61.9 cm³/mol. The number of hydrogen-bond acceptors (Lipinski definition) is 4. The summed E-state index contributed by atoms with van der Waals surface area (Å²) in [6, 6.07) is -0.433. The Bertz CT molecular complexity index is 229. The van der Waals surface area contributed by atoms with Crippen LogP contribution in [0.25, 0.3) is 0 Å². The average molecular weight is 230 g/mol. The minimum absolute atomic E-state index is 0.0893. The highest BCUT2D eigenvalue weighted by Gasteiger charge is 2.22. The van der Waals surface area contributed by atoms with Gasteiger partial charge in [0.1, 0.15) is 6.04 Å². The van der Waals surface area contributed by atoms with Crippen molar-refractivity contribution in [3.05, 3.63) is 0 Å². The van der Waals surface area contributed by atoms with E-state index < -0.39 is 6.04 Å². The van der Waals surface area contributed by atoms with E-state index in [9.17, 15) is 9.59 Å². The molecule has 5 heteroatoms. The molecule has 0 aliphatic carbocycles. The topological polar surface area (TPSA) is 67.4 Å². The normalized spacial score (nSPS) is 12.3. The summed E-state index contributed by atoms with van der Waals surface area (Å²) < 4.78 is 4.65. The van der Waals surface area contributed by atoms with Gasteiger partial charge in [0.05, 0.1) is 13.7 Å². The molecule has 0 bridgehead atoms. The van der Waals surface area contributed by atoms with E-state index in [1.165, 1.54) is 7.11 Å². The molecule has 0 spiro atoms. The van der Waals surface area contributed by atoms with E-state index in [4.69, 9.17) is 0 Å². The first kappa shape index (κ1) is 14.9. The molecule has 0 rings (SSSR count). The molecule has 2 N–H and O–H groups in total. The van der Waals surface area contributed by atoms with Gasteiger partial charge in [0, 0.05) is 6.54 Å². The number of methoxy groups -OCH3 is 1. The summed E-state index contributed by atoms with van der Waals surface area (Å²) in [6.07, 6.45) is 0.899. The van der Waals surface area contributed by atoms with Crippen molar-refractivity contribution in [2.24, 2.45) is 5.92 Å². The van der Waals surface area contributed by atoms with Crippen LogP contribution in [-0.2, 0) is 14.3 Å². The number of esters is 1. The van der Waals surface area contributed by atoms with Gasteiger partial charge in [0.25, 0.3) is 0 Å². The SMILES string of the molecule is CCCNC(=O)CNC(C(=O)OC)C(C)C. The zero-order valence-corrected chi connectivity index (χ0v) is 10.5. The summed E-state index contributed by atoms with van der Waals surface area (Å²) in [6.45, 7) is 6.58. The second kappa shape index (κ2) is 8.10. The number of carbonyl (C=O) groups excluding carboxylic acids is 2. The van der Waals surface area contributed by atoms with Gasteiger partial charge in [-0.3, -0.25) is 14.9 Å². The Balaban J connectivity index is 4.02. The number of carbonyl (C=O) groups is 2. The first-order valence-electron chi connectivity index (χ1n) is 5.60. The number of hydrogen-bond donors (Lipinski definition) is 2. The van der Waals surface area contributed by atoms with E-state index in [0.717, 1.165) is 6.42 Å². The summed E-state index contributed by atoms with van der Waals surface area (Å²) in [7, 11) is 1.34. The van der Waals surface area contributed by atoms with Gasteiger partial charge in [-0.2, -0.15) is 0 Å². The molecule has 16 heavy (non-hydrogen) atoms. The number of rotatable bonds is 7. The molecule has 1 unspecified atom stereocenters. The molecule has 0 heterocycles. The van der Waals surface area contributed by atoms with E-state index >= 15 is 0 Å². The van der Waals surface area contributed by atoms with Crippen molar-refractivity contribution in [2.45, 2.75) is 33.2 Å².